The van der Waals surface area contributed by atoms with Gasteiger partial charge in [-0.2, -0.15) is 0 Å². The maximum Gasteiger partial charge on any atom is 0.326 e. The molecule has 1 fully saturated rings. The van der Waals surface area contributed by atoms with Gasteiger partial charge in [-0.05, 0) is 82.2 Å². The molecule has 0 spiro atoms. The van der Waals surface area contributed by atoms with Crippen LogP contribution in [-0.2, 0) is 25.6 Å². The Kier molecular flexibility index (Phi) is 16.8. The molecule has 1 aliphatic rings. The minimum atomic E-state index is -1.19. The summed E-state index contributed by atoms with van der Waals surface area (Å²) in [4.78, 5) is 67.6. The first kappa shape index (κ1) is 43.4. The van der Waals surface area contributed by atoms with Crippen LogP contribution in [0.5, 0.6) is 5.75 Å². The number of nitrogens with one attached hydrogen (secondary N) is 4. The molecule has 286 valence electrons. The quantitative estimate of drug-likeness (QED) is 0.0691. The summed E-state index contributed by atoms with van der Waals surface area (Å²) in [5, 5.41) is 20.7. The first-order chi connectivity index (χ1) is 23.7. The number of amides is 4. The Balaban J connectivity index is 2.28. The van der Waals surface area contributed by atoms with Gasteiger partial charge < -0.3 is 36.8 Å². The van der Waals surface area contributed by atoms with Crippen LogP contribution in [0.2, 0.25) is 0 Å². The van der Waals surface area contributed by atoms with Gasteiger partial charge in [-0.15, -0.1) is 0 Å². The van der Waals surface area contributed by atoms with Gasteiger partial charge in [0, 0.05) is 17.4 Å². The third-order valence-electron chi connectivity index (χ3n) is 9.13. The van der Waals surface area contributed by atoms with Gasteiger partial charge in [-0.3, -0.25) is 19.3 Å². The summed E-state index contributed by atoms with van der Waals surface area (Å²) in [6, 6.07) is 2.47. The van der Waals surface area contributed by atoms with E-state index < -0.39 is 52.9 Å². The number of carboxylic acid groups (broad SMARTS) is 1. The molecule has 1 aromatic carbocycles. The number of nitrogens with two attached hydrogens (primary N) is 1. The fourth-order valence-corrected chi connectivity index (χ4v) is 6.33. The van der Waals surface area contributed by atoms with Crippen molar-refractivity contribution < 1.29 is 33.8 Å². The lowest BCUT2D eigenvalue weighted by Crippen LogP contribution is -2.60. The topological polar surface area (TPSA) is 192 Å². The molecule has 1 heterocycles. The second kappa shape index (κ2) is 19.7. The molecular weight excluding hydrogens is 673 g/mol. The summed E-state index contributed by atoms with van der Waals surface area (Å²) in [5.74, 6) is -2.52. The zero-order valence-corrected chi connectivity index (χ0v) is 32.4. The summed E-state index contributed by atoms with van der Waals surface area (Å²) >= 11 is 5.23. The Labute approximate surface area is 308 Å². The number of aliphatic carboxylic acids is 1. The average Bonchev–Trinajstić information content (AvgIpc) is 3.02. The Hall–Kier alpha value is -3.78. The highest BCUT2D eigenvalue weighted by atomic mass is 32.1. The predicted octanol–water partition coefficient (Wildman–Crippen LogP) is 3.92. The molecule has 1 saturated heterocycles. The lowest BCUT2D eigenvalue weighted by Gasteiger charge is -2.37. The van der Waals surface area contributed by atoms with Gasteiger partial charge in [0.15, 0.2) is 0 Å². The number of carbonyl (C=O) groups excluding carboxylic acids is 4. The van der Waals surface area contributed by atoms with Gasteiger partial charge in [-0.1, -0.05) is 78.7 Å². The van der Waals surface area contributed by atoms with E-state index in [4.69, 9.17) is 22.7 Å². The van der Waals surface area contributed by atoms with E-state index in [-0.39, 0.29) is 37.2 Å². The molecule has 2 rings (SSSR count). The summed E-state index contributed by atoms with van der Waals surface area (Å²) in [6.07, 6.45) is 4.50. The summed E-state index contributed by atoms with van der Waals surface area (Å²) in [7, 11) is 0. The Morgan fingerprint density at radius 1 is 0.922 bits per heavy atom. The fraction of sp³-hybridized carbons (Fsp3) is 0.676. The van der Waals surface area contributed by atoms with Crippen molar-refractivity contribution in [3.8, 4) is 5.75 Å². The molecule has 4 amide bonds. The maximum atomic E-state index is 13.9. The third kappa shape index (κ3) is 15.2. The zero-order chi connectivity index (χ0) is 38.5. The van der Waals surface area contributed by atoms with Crippen molar-refractivity contribution in [1.29, 1.82) is 0 Å². The third-order valence-corrected chi connectivity index (χ3v) is 9.69. The molecule has 1 aromatic rings. The summed E-state index contributed by atoms with van der Waals surface area (Å²) in [6.45, 7) is 16.9. The van der Waals surface area contributed by atoms with Crippen LogP contribution in [0.3, 0.4) is 0 Å². The second-order valence-electron chi connectivity index (χ2n) is 15.5. The number of esters is 1. The molecule has 51 heavy (non-hydrogen) atoms. The van der Waals surface area contributed by atoms with Gasteiger partial charge in [0.25, 0.3) is 0 Å². The highest BCUT2D eigenvalue weighted by Gasteiger charge is 2.36. The van der Waals surface area contributed by atoms with Crippen molar-refractivity contribution in [3.63, 3.8) is 0 Å². The molecule has 0 aliphatic carbocycles. The van der Waals surface area contributed by atoms with E-state index in [1.54, 1.807) is 24.3 Å². The van der Waals surface area contributed by atoms with Crippen molar-refractivity contribution in [2.45, 2.75) is 124 Å². The molecule has 7 N–H and O–H groups in total. The number of carbonyl (C=O) groups is 5. The van der Waals surface area contributed by atoms with Gasteiger partial charge in [0.05, 0.1) is 11.5 Å². The maximum absolute atomic E-state index is 13.9. The van der Waals surface area contributed by atoms with E-state index in [1.165, 1.54) is 0 Å². The van der Waals surface area contributed by atoms with Crippen LogP contribution >= 0.6 is 12.2 Å². The SMILES string of the molecule is CCC(C)C(NC(=O)C(Cc1ccc(OC(=O)CN2CCCCC2)cc1)NC(=O)NC(CC(C)C)C(=O)O)C(=O)NC(C)(C)CC(C)(C)C(N)=S. The molecule has 0 saturated carbocycles. The van der Waals surface area contributed by atoms with Crippen LogP contribution in [0.25, 0.3) is 0 Å². The van der Waals surface area contributed by atoms with Crippen molar-refractivity contribution >= 4 is 47.0 Å². The largest absolute Gasteiger partial charge is 0.480 e. The molecule has 13 nitrogen and oxygen atoms in total. The van der Waals surface area contributed by atoms with Crippen LogP contribution in [-0.4, -0.2) is 88.1 Å². The minimum absolute atomic E-state index is 0.00560. The van der Waals surface area contributed by atoms with Crippen LogP contribution in [0, 0.1) is 17.3 Å². The van der Waals surface area contributed by atoms with Crippen molar-refractivity contribution in [2.24, 2.45) is 23.0 Å². The average molecular weight is 733 g/mol. The molecule has 14 heteroatoms. The van der Waals surface area contributed by atoms with Crippen LogP contribution in [0.1, 0.15) is 99.5 Å². The lowest BCUT2D eigenvalue weighted by molar-refractivity contribution is -0.139. The van der Waals surface area contributed by atoms with Crippen molar-refractivity contribution in [2.75, 3.05) is 19.6 Å². The van der Waals surface area contributed by atoms with Crippen molar-refractivity contribution in [1.82, 2.24) is 26.2 Å². The number of hydrogen-bond donors (Lipinski definition) is 6. The Morgan fingerprint density at radius 3 is 2.04 bits per heavy atom. The highest BCUT2D eigenvalue weighted by molar-refractivity contribution is 7.80. The summed E-state index contributed by atoms with van der Waals surface area (Å²) < 4.78 is 5.53. The van der Waals surface area contributed by atoms with E-state index in [1.807, 2.05) is 55.4 Å². The van der Waals surface area contributed by atoms with Crippen LogP contribution in [0.15, 0.2) is 24.3 Å². The van der Waals surface area contributed by atoms with E-state index >= 15 is 0 Å². The first-order valence-electron chi connectivity index (χ1n) is 18.0. The fourth-order valence-electron chi connectivity index (χ4n) is 6.26. The number of rotatable bonds is 19. The molecule has 4 unspecified atom stereocenters. The summed E-state index contributed by atoms with van der Waals surface area (Å²) in [5.41, 5.74) is 5.32. The molecule has 0 bridgehead atoms. The smallest absolute Gasteiger partial charge is 0.326 e. The van der Waals surface area contributed by atoms with Gasteiger partial charge >= 0.3 is 18.0 Å². The molecule has 1 aliphatic heterocycles. The van der Waals surface area contributed by atoms with E-state index in [0.29, 0.717) is 29.1 Å². The van der Waals surface area contributed by atoms with E-state index in [9.17, 15) is 29.1 Å². The zero-order valence-electron chi connectivity index (χ0n) is 31.6. The number of nitrogens with zero attached hydrogens (tertiary/aromatic N) is 1. The second-order valence-corrected chi connectivity index (χ2v) is 16.0. The number of thiocarbonyl (C=S) groups is 1. The Morgan fingerprint density at radius 2 is 1.51 bits per heavy atom. The Bertz CT molecular complexity index is 1360. The lowest BCUT2D eigenvalue weighted by atomic mass is 9.79. The number of benzene rings is 1. The monoisotopic (exact) mass is 732 g/mol. The highest BCUT2D eigenvalue weighted by Crippen LogP contribution is 2.28. The predicted molar refractivity (Wildman–Crippen MR) is 201 cm³/mol. The van der Waals surface area contributed by atoms with Gasteiger partial charge in [-0.25, -0.2) is 9.59 Å². The molecule has 0 radical (unpaired) electrons. The minimum Gasteiger partial charge on any atom is -0.480 e. The first-order valence-corrected chi connectivity index (χ1v) is 18.4. The van der Waals surface area contributed by atoms with Crippen LogP contribution in [0.4, 0.5) is 4.79 Å². The van der Waals surface area contributed by atoms with E-state index in [0.717, 1.165) is 32.4 Å². The number of ether oxygens (including phenoxy) is 1. The van der Waals surface area contributed by atoms with Gasteiger partial charge in [0.2, 0.25) is 11.8 Å². The molecule has 0 aromatic heterocycles. The number of hydrogen-bond acceptors (Lipinski definition) is 8. The standard InChI is InChI=1S/C37H60N6O7S/c1-9-24(4)30(32(46)42-37(7,8)22-36(5,6)34(38)51)41-31(45)27(39-35(49)40-28(33(47)48)19-23(2)3)20-25-13-15-26(16-14-25)50-29(44)21-43-17-11-10-12-18-43/h13-16,23-24,27-28,30H,9-12,17-22H2,1-8H3,(H2,38,51)(H,41,45)(H,42,46)(H,47,48)(H2,39,40,49). The number of likely N-dealkylation sites (tertiary alicyclic amines) is 1. The normalized spacial score (nSPS) is 16.3. The molecule has 4 atom stereocenters. The molecular formula is C37H60N6O7S. The van der Waals surface area contributed by atoms with Crippen molar-refractivity contribution in [3.05, 3.63) is 29.8 Å². The van der Waals surface area contributed by atoms with E-state index in [2.05, 4.69) is 26.2 Å². The number of urea groups is 1. The number of carboxylic acids is 1. The number of piperidine rings is 1. The van der Waals surface area contributed by atoms with Crippen LogP contribution < -0.4 is 31.7 Å². The van der Waals surface area contributed by atoms with Gasteiger partial charge in [0.1, 0.15) is 23.9 Å².